The highest BCUT2D eigenvalue weighted by atomic mass is 16.5. The third kappa shape index (κ3) is 4.16. The van der Waals surface area contributed by atoms with Gasteiger partial charge in [-0.15, -0.1) is 0 Å². The summed E-state index contributed by atoms with van der Waals surface area (Å²) >= 11 is 0. The molecule has 0 saturated carbocycles. The first kappa shape index (κ1) is 22.4. The zero-order chi connectivity index (χ0) is 25.4. The van der Waals surface area contributed by atoms with Crippen LogP contribution < -0.4 is 4.74 Å². The Hall–Kier alpha value is -5.04. The minimum absolute atomic E-state index is 0.294. The van der Waals surface area contributed by atoms with Gasteiger partial charge in [0.2, 0.25) is 0 Å². The first-order valence-corrected chi connectivity index (χ1v) is 11.8. The summed E-state index contributed by atoms with van der Waals surface area (Å²) in [5.74, 6) is -0.570. The Balaban J connectivity index is 1.21. The van der Waals surface area contributed by atoms with E-state index in [4.69, 9.17) is 9.72 Å². The number of fused-ring (bicyclic) bond motifs is 2. The Kier molecular flexibility index (Phi) is 5.58. The maximum Gasteiger partial charge on any atom is 0.331 e. The predicted molar refractivity (Wildman–Crippen MR) is 138 cm³/mol. The van der Waals surface area contributed by atoms with E-state index >= 15 is 0 Å². The number of hydrogen-bond donors (Lipinski definition) is 0. The molecule has 7 heteroatoms. The summed E-state index contributed by atoms with van der Waals surface area (Å²) in [5.41, 5.74) is 4.53. The van der Waals surface area contributed by atoms with Gasteiger partial charge in [-0.2, -0.15) is 0 Å². The van der Waals surface area contributed by atoms with E-state index in [1.54, 1.807) is 36.4 Å². The van der Waals surface area contributed by atoms with E-state index in [-0.39, 0.29) is 0 Å². The molecule has 0 bridgehead atoms. The molecule has 0 aliphatic carbocycles. The van der Waals surface area contributed by atoms with Gasteiger partial charge >= 0.3 is 5.97 Å². The second-order valence-electron chi connectivity index (χ2n) is 8.74. The van der Waals surface area contributed by atoms with Gasteiger partial charge in [0.1, 0.15) is 18.1 Å². The molecule has 0 radical (unpaired) electrons. The van der Waals surface area contributed by atoms with Gasteiger partial charge in [0.05, 0.1) is 22.2 Å². The van der Waals surface area contributed by atoms with E-state index in [0.717, 1.165) is 32.9 Å². The fourth-order valence-corrected chi connectivity index (χ4v) is 4.57. The van der Waals surface area contributed by atoms with Gasteiger partial charge < -0.3 is 9.30 Å². The van der Waals surface area contributed by atoms with Crippen molar-refractivity contribution in [3.05, 3.63) is 120 Å². The number of esters is 1. The fourth-order valence-electron chi connectivity index (χ4n) is 4.57. The summed E-state index contributed by atoms with van der Waals surface area (Å²) in [6.45, 7) is 0.203. The van der Waals surface area contributed by atoms with Gasteiger partial charge in [-0.1, -0.05) is 54.6 Å². The van der Waals surface area contributed by atoms with Gasteiger partial charge in [-0.25, -0.2) is 9.78 Å². The zero-order valence-electron chi connectivity index (χ0n) is 19.7. The molecule has 0 unspecified atom stereocenters. The Morgan fingerprint density at radius 2 is 1.35 bits per heavy atom. The van der Waals surface area contributed by atoms with Crippen LogP contribution in [0.25, 0.3) is 22.4 Å². The number of carbonyl (C=O) groups is 3. The van der Waals surface area contributed by atoms with E-state index in [1.807, 2.05) is 54.6 Å². The lowest BCUT2D eigenvalue weighted by molar-refractivity contribution is -0.134. The molecule has 0 N–H and O–H groups in total. The van der Waals surface area contributed by atoms with Gasteiger partial charge in [0.25, 0.3) is 11.8 Å². The van der Waals surface area contributed by atoms with Crippen LogP contribution in [0.15, 0.2) is 103 Å². The molecule has 37 heavy (non-hydrogen) atoms. The van der Waals surface area contributed by atoms with Crippen molar-refractivity contribution in [2.45, 2.75) is 6.54 Å². The molecule has 2 amide bonds. The smallest absolute Gasteiger partial charge is 0.331 e. The van der Waals surface area contributed by atoms with Crippen molar-refractivity contribution in [3.8, 4) is 17.1 Å². The molecule has 1 aliphatic heterocycles. The highest BCUT2D eigenvalue weighted by Crippen LogP contribution is 2.28. The number of imide groups is 1. The third-order valence-corrected chi connectivity index (χ3v) is 6.35. The Morgan fingerprint density at radius 1 is 0.730 bits per heavy atom. The van der Waals surface area contributed by atoms with Crippen molar-refractivity contribution < 1.29 is 19.1 Å². The highest BCUT2D eigenvalue weighted by molar-refractivity contribution is 6.22. The highest BCUT2D eigenvalue weighted by Gasteiger charge is 2.36. The van der Waals surface area contributed by atoms with Gasteiger partial charge in [-0.3, -0.25) is 14.5 Å². The minimum Gasteiger partial charge on any atom is -0.425 e. The van der Waals surface area contributed by atoms with Crippen molar-refractivity contribution in [1.82, 2.24) is 14.5 Å². The quantitative estimate of drug-likeness (QED) is 0.192. The fraction of sp³-hybridized carbons (Fsp3) is 0.0667. The summed E-state index contributed by atoms with van der Waals surface area (Å²) in [4.78, 5) is 43.4. The van der Waals surface area contributed by atoms with Crippen LogP contribution in [-0.4, -0.2) is 38.8 Å². The van der Waals surface area contributed by atoms with E-state index in [1.165, 1.54) is 0 Å². The second-order valence-corrected chi connectivity index (χ2v) is 8.74. The van der Waals surface area contributed by atoms with E-state index in [9.17, 15) is 14.4 Å². The van der Waals surface area contributed by atoms with Gasteiger partial charge in [0, 0.05) is 12.1 Å². The van der Waals surface area contributed by atoms with E-state index in [0.29, 0.717) is 23.4 Å². The molecule has 1 aromatic heterocycles. The Bertz CT molecular complexity index is 1620. The molecule has 0 fully saturated rings. The summed E-state index contributed by atoms with van der Waals surface area (Å²) in [7, 11) is 0. The van der Waals surface area contributed by atoms with Crippen molar-refractivity contribution in [2.24, 2.45) is 0 Å². The molecule has 0 spiro atoms. The van der Waals surface area contributed by atoms with Crippen LogP contribution in [-0.2, 0) is 11.3 Å². The van der Waals surface area contributed by atoms with Crippen LogP contribution in [0, 0.1) is 0 Å². The predicted octanol–water partition coefficient (Wildman–Crippen LogP) is 4.95. The van der Waals surface area contributed by atoms with Crippen molar-refractivity contribution >= 4 is 28.8 Å². The van der Waals surface area contributed by atoms with Crippen LogP contribution >= 0.6 is 0 Å². The van der Waals surface area contributed by atoms with Crippen molar-refractivity contribution in [2.75, 3.05) is 6.54 Å². The van der Waals surface area contributed by atoms with Crippen LogP contribution in [0.4, 0.5) is 0 Å². The number of benzene rings is 4. The summed E-state index contributed by atoms with van der Waals surface area (Å²) in [6.07, 6.45) is 0. The summed E-state index contributed by atoms with van der Waals surface area (Å²) in [6, 6.07) is 31.7. The average Bonchev–Trinajstić information content (AvgIpc) is 3.41. The molecular weight excluding hydrogens is 466 g/mol. The maximum absolute atomic E-state index is 12.6. The number of hydrogen-bond acceptors (Lipinski definition) is 5. The van der Waals surface area contributed by atoms with Crippen LogP contribution in [0.5, 0.6) is 5.75 Å². The molecule has 1 aliphatic rings. The lowest BCUT2D eigenvalue weighted by Crippen LogP contribution is -2.36. The molecule has 0 saturated heterocycles. The molecule has 0 atom stereocenters. The number of amides is 2. The van der Waals surface area contributed by atoms with Crippen LogP contribution in [0.2, 0.25) is 0 Å². The van der Waals surface area contributed by atoms with Crippen molar-refractivity contribution in [1.29, 1.82) is 0 Å². The second kappa shape index (κ2) is 9.20. The molecule has 7 nitrogen and oxygen atoms in total. The van der Waals surface area contributed by atoms with Crippen molar-refractivity contribution in [3.63, 3.8) is 0 Å². The maximum atomic E-state index is 12.6. The normalized spacial score (nSPS) is 12.7. The standard InChI is InChI=1S/C30H21N3O4/c34-27(19-33-29(35)23-10-4-5-11-24(23)30(33)36)37-22-16-14-21(15-17-22)28-31-25-12-6-7-13-26(25)32(28)18-20-8-2-1-3-9-20/h1-17H,18-19H2. The lowest BCUT2D eigenvalue weighted by atomic mass is 10.1. The topological polar surface area (TPSA) is 81.5 Å². The number of rotatable bonds is 6. The minimum atomic E-state index is -0.696. The molecular formula is C30H21N3O4. The SMILES string of the molecule is O=C(CN1C(=O)c2ccccc2C1=O)Oc1ccc(-c2nc3ccccc3n2Cc2ccccc2)cc1. The number of para-hydroxylation sites is 2. The Labute approximate surface area is 212 Å². The molecule has 5 aromatic rings. The molecule has 180 valence electrons. The number of aromatic nitrogens is 2. The zero-order valence-corrected chi connectivity index (χ0v) is 19.7. The number of imidazole rings is 1. The van der Waals surface area contributed by atoms with Crippen LogP contribution in [0.1, 0.15) is 26.3 Å². The number of carbonyl (C=O) groups excluding carboxylic acids is 3. The van der Waals surface area contributed by atoms with E-state index < -0.39 is 24.3 Å². The van der Waals surface area contributed by atoms with Crippen LogP contribution in [0.3, 0.4) is 0 Å². The lowest BCUT2D eigenvalue weighted by Gasteiger charge is -2.13. The largest absolute Gasteiger partial charge is 0.425 e. The molecule has 2 heterocycles. The number of ether oxygens (including phenoxy) is 1. The third-order valence-electron chi connectivity index (χ3n) is 6.35. The summed E-state index contributed by atoms with van der Waals surface area (Å²) < 4.78 is 7.60. The first-order valence-electron chi connectivity index (χ1n) is 11.8. The van der Waals surface area contributed by atoms with E-state index in [2.05, 4.69) is 16.7 Å². The average molecular weight is 488 g/mol. The number of nitrogens with zero attached hydrogens (tertiary/aromatic N) is 3. The van der Waals surface area contributed by atoms with Gasteiger partial charge in [0.15, 0.2) is 0 Å². The molecule has 4 aromatic carbocycles. The monoisotopic (exact) mass is 487 g/mol. The summed E-state index contributed by atoms with van der Waals surface area (Å²) in [5, 5.41) is 0. The Morgan fingerprint density at radius 3 is 2.05 bits per heavy atom. The first-order chi connectivity index (χ1) is 18.1. The molecule has 6 rings (SSSR count). The van der Waals surface area contributed by atoms with Gasteiger partial charge in [-0.05, 0) is 54.1 Å².